The summed E-state index contributed by atoms with van der Waals surface area (Å²) in [5.74, 6) is 0.580. The van der Waals surface area contributed by atoms with Crippen molar-refractivity contribution in [1.82, 2.24) is 10.3 Å². The summed E-state index contributed by atoms with van der Waals surface area (Å²) in [4.78, 5) is 18.1. The third-order valence-corrected chi connectivity index (χ3v) is 3.55. The molecule has 1 fully saturated rings. The van der Waals surface area contributed by atoms with E-state index in [9.17, 15) is 9.90 Å². The Morgan fingerprint density at radius 2 is 2.32 bits per heavy atom. The first-order valence-electron chi connectivity index (χ1n) is 6.66. The van der Waals surface area contributed by atoms with Gasteiger partial charge in [-0.2, -0.15) is 0 Å². The van der Waals surface area contributed by atoms with Crippen LogP contribution in [0.2, 0.25) is 0 Å². The van der Waals surface area contributed by atoms with Gasteiger partial charge in [0.15, 0.2) is 0 Å². The van der Waals surface area contributed by atoms with Crippen molar-refractivity contribution in [3.05, 3.63) is 23.9 Å². The molecule has 104 valence electrons. The molecule has 0 radical (unpaired) electrons. The van der Waals surface area contributed by atoms with Crippen molar-refractivity contribution in [1.29, 1.82) is 0 Å². The van der Waals surface area contributed by atoms with Gasteiger partial charge in [0.05, 0.1) is 12.0 Å². The lowest BCUT2D eigenvalue weighted by atomic mass is 10.1. The zero-order chi connectivity index (χ0) is 13.8. The summed E-state index contributed by atoms with van der Waals surface area (Å²) < 4.78 is 0. The van der Waals surface area contributed by atoms with Gasteiger partial charge in [-0.3, -0.25) is 4.79 Å². The molecule has 1 aromatic heterocycles. The van der Waals surface area contributed by atoms with E-state index >= 15 is 0 Å². The van der Waals surface area contributed by atoms with Crippen LogP contribution in [0.3, 0.4) is 0 Å². The van der Waals surface area contributed by atoms with E-state index in [-0.39, 0.29) is 11.8 Å². The van der Waals surface area contributed by atoms with Crippen LogP contribution >= 0.6 is 0 Å². The molecular weight excluding hydrogens is 242 g/mol. The van der Waals surface area contributed by atoms with E-state index in [4.69, 9.17) is 0 Å². The molecule has 2 N–H and O–H groups in total. The number of pyridine rings is 1. The van der Waals surface area contributed by atoms with Crippen LogP contribution in [-0.2, 0) is 11.3 Å². The molecule has 1 heterocycles. The van der Waals surface area contributed by atoms with E-state index < -0.39 is 6.10 Å². The number of aromatic nitrogens is 1. The molecule has 0 saturated heterocycles. The van der Waals surface area contributed by atoms with E-state index in [0.29, 0.717) is 6.54 Å². The molecule has 5 heteroatoms. The SMILES string of the molecule is CN(C)c1cc(CNC(=O)C2CCCC2O)ccn1. The van der Waals surface area contributed by atoms with Crippen molar-refractivity contribution in [2.75, 3.05) is 19.0 Å². The standard InChI is InChI=1S/C14H21N3O2/c1-17(2)13-8-10(6-7-15-13)9-16-14(19)11-4-3-5-12(11)18/h6-8,11-12,18H,3-5,9H2,1-2H3,(H,16,19). The predicted molar refractivity (Wildman–Crippen MR) is 73.8 cm³/mol. The normalized spacial score (nSPS) is 22.3. The molecule has 2 atom stereocenters. The number of rotatable bonds is 4. The molecule has 1 aliphatic rings. The number of nitrogens with zero attached hydrogens (tertiary/aromatic N) is 2. The molecule has 0 bridgehead atoms. The molecule has 1 saturated carbocycles. The highest BCUT2D eigenvalue weighted by molar-refractivity contribution is 5.79. The summed E-state index contributed by atoms with van der Waals surface area (Å²) in [6.45, 7) is 0.478. The lowest BCUT2D eigenvalue weighted by Gasteiger charge is -2.15. The fraction of sp³-hybridized carbons (Fsp3) is 0.571. The fourth-order valence-electron chi connectivity index (χ4n) is 2.38. The lowest BCUT2D eigenvalue weighted by Crippen LogP contribution is -2.34. The first kappa shape index (κ1) is 13.8. The van der Waals surface area contributed by atoms with E-state index in [0.717, 1.165) is 30.6 Å². The molecule has 1 aromatic rings. The predicted octanol–water partition coefficient (Wildman–Crippen LogP) is 0.925. The average molecular weight is 263 g/mol. The molecule has 0 aromatic carbocycles. The zero-order valence-corrected chi connectivity index (χ0v) is 11.5. The van der Waals surface area contributed by atoms with Crippen molar-refractivity contribution < 1.29 is 9.90 Å². The van der Waals surface area contributed by atoms with E-state index in [1.165, 1.54) is 0 Å². The molecule has 2 rings (SSSR count). The summed E-state index contributed by atoms with van der Waals surface area (Å²) in [6, 6.07) is 3.84. The summed E-state index contributed by atoms with van der Waals surface area (Å²) in [7, 11) is 3.86. The third kappa shape index (κ3) is 3.44. The van der Waals surface area contributed by atoms with Crippen LogP contribution in [0.1, 0.15) is 24.8 Å². The second-order valence-corrected chi connectivity index (χ2v) is 5.24. The number of carbonyl (C=O) groups excluding carboxylic acids is 1. The third-order valence-electron chi connectivity index (χ3n) is 3.55. The fourth-order valence-corrected chi connectivity index (χ4v) is 2.38. The van der Waals surface area contributed by atoms with Crippen LogP contribution < -0.4 is 10.2 Å². The maximum Gasteiger partial charge on any atom is 0.225 e. The minimum Gasteiger partial charge on any atom is -0.392 e. The van der Waals surface area contributed by atoms with Gasteiger partial charge in [0.25, 0.3) is 0 Å². The maximum absolute atomic E-state index is 12.0. The lowest BCUT2D eigenvalue weighted by molar-refractivity contribution is -0.127. The van der Waals surface area contributed by atoms with Crippen LogP contribution in [-0.4, -0.2) is 36.2 Å². The molecule has 1 amide bonds. The quantitative estimate of drug-likeness (QED) is 0.848. The monoisotopic (exact) mass is 263 g/mol. The second-order valence-electron chi connectivity index (χ2n) is 5.24. The Hall–Kier alpha value is -1.62. The van der Waals surface area contributed by atoms with Gasteiger partial charge in [-0.1, -0.05) is 0 Å². The number of amides is 1. The second kappa shape index (κ2) is 6.02. The van der Waals surface area contributed by atoms with Crippen molar-refractivity contribution in [2.24, 2.45) is 5.92 Å². The summed E-state index contributed by atoms with van der Waals surface area (Å²) >= 11 is 0. The van der Waals surface area contributed by atoms with Crippen LogP contribution in [0, 0.1) is 5.92 Å². The number of nitrogens with one attached hydrogen (secondary N) is 1. The Kier molecular flexibility index (Phi) is 4.37. The molecular formula is C14H21N3O2. The topological polar surface area (TPSA) is 65.5 Å². The van der Waals surface area contributed by atoms with Crippen molar-refractivity contribution >= 4 is 11.7 Å². The van der Waals surface area contributed by atoms with Crippen molar-refractivity contribution in [2.45, 2.75) is 31.9 Å². The van der Waals surface area contributed by atoms with Gasteiger partial charge < -0.3 is 15.3 Å². The van der Waals surface area contributed by atoms with E-state index in [2.05, 4.69) is 10.3 Å². The van der Waals surface area contributed by atoms with Crippen LogP contribution in [0.25, 0.3) is 0 Å². The highest BCUT2D eigenvalue weighted by Crippen LogP contribution is 2.25. The number of aliphatic hydroxyl groups is 1. The molecule has 1 aliphatic carbocycles. The van der Waals surface area contributed by atoms with Gasteiger partial charge in [-0.15, -0.1) is 0 Å². The first-order chi connectivity index (χ1) is 9.08. The Morgan fingerprint density at radius 3 is 2.95 bits per heavy atom. The van der Waals surface area contributed by atoms with Gasteiger partial charge in [0, 0.05) is 26.8 Å². The molecule has 0 spiro atoms. The number of anilines is 1. The van der Waals surface area contributed by atoms with Gasteiger partial charge in [-0.25, -0.2) is 4.98 Å². The molecule has 19 heavy (non-hydrogen) atoms. The minimum atomic E-state index is -0.477. The van der Waals surface area contributed by atoms with Crippen molar-refractivity contribution in [3.63, 3.8) is 0 Å². The molecule has 0 aliphatic heterocycles. The highest BCUT2D eigenvalue weighted by Gasteiger charge is 2.31. The molecule has 5 nitrogen and oxygen atoms in total. The van der Waals surface area contributed by atoms with Crippen molar-refractivity contribution in [3.8, 4) is 0 Å². The summed E-state index contributed by atoms with van der Waals surface area (Å²) in [5, 5.41) is 12.6. The van der Waals surface area contributed by atoms with Crippen LogP contribution in [0.5, 0.6) is 0 Å². The summed E-state index contributed by atoms with van der Waals surface area (Å²) in [6.07, 6.45) is 3.71. The Balaban J connectivity index is 1.91. The summed E-state index contributed by atoms with van der Waals surface area (Å²) in [5.41, 5.74) is 1.01. The minimum absolute atomic E-state index is 0.0479. The van der Waals surface area contributed by atoms with Gasteiger partial charge >= 0.3 is 0 Å². The highest BCUT2D eigenvalue weighted by atomic mass is 16.3. The van der Waals surface area contributed by atoms with Gasteiger partial charge in [-0.05, 0) is 37.0 Å². The van der Waals surface area contributed by atoms with Crippen LogP contribution in [0.15, 0.2) is 18.3 Å². The van der Waals surface area contributed by atoms with Gasteiger partial charge in [0.2, 0.25) is 5.91 Å². The van der Waals surface area contributed by atoms with E-state index in [1.54, 1.807) is 6.20 Å². The maximum atomic E-state index is 12.0. The zero-order valence-electron chi connectivity index (χ0n) is 11.5. The number of aliphatic hydroxyl groups excluding tert-OH is 1. The number of hydrogen-bond donors (Lipinski definition) is 2. The number of hydrogen-bond acceptors (Lipinski definition) is 4. The smallest absolute Gasteiger partial charge is 0.225 e. The van der Waals surface area contributed by atoms with E-state index in [1.807, 2.05) is 31.1 Å². The Labute approximate surface area is 113 Å². The van der Waals surface area contributed by atoms with Gasteiger partial charge in [0.1, 0.15) is 5.82 Å². The molecule has 2 unspecified atom stereocenters. The Bertz CT molecular complexity index is 448. The first-order valence-corrected chi connectivity index (χ1v) is 6.66. The Morgan fingerprint density at radius 1 is 1.53 bits per heavy atom. The largest absolute Gasteiger partial charge is 0.392 e. The van der Waals surface area contributed by atoms with Crippen LogP contribution in [0.4, 0.5) is 5.82 Å². The average Bonchev–Trinajstić information content (AvgIpc) is 2.82. The number of carbonyl (C=O) groups is 1.